The Kier molecular flexibility index (Phi) is 15.0. The first-order valence-electron chi connectivity index (χ1n) is 9.84. The van der Waals surface area contributed by atoms with Crippen molar-refractivity contribution in [2.75, 3.05) is 13.6 Å². The molecule has 0 amide bonds. The Hall–Kier alpha value is -0.340. The van der Waals surface area contributed by atoms with Crippen LogP contribution in [-0.2, 0) is 0 Å². The number of halogens is 1. The lowest BCUT2D eigenvalue weighted by atomic mass is 10.0. The molecule has 136 valence electrons. The molecule has 1 unspecified atom stereocenters. The van der Waals surface area contributed by atoms with Crippen LogP contribution in [0.15, 0.2) is 17.4 Å². The van der Waals surface area contributed by atoms with Crippen LogP contribution >= 0.6 is 0 Å². The largest absolute Gasteiger partial charge is 1.00 e. The molecule has 0 saturated heterocycles. The molecule has 1 heterocycles. The molecule has 1 aliphatic heterocycles. The zero-order valence-electron chi connectivity index (χ0n) is 15.6. The van der Waals surface area contributed by atoms with Gasteiger partial charge in [0.2, 0.25) is 0 Å². The van der Waals surface area contributed by atoms with Gasteiger partial charge >= 0.3 is 0 Å². The van der Waals surface area contributed by atoms with Gasteiger partial charge in [0.15, 0.2) is 6.34 Å². The number of nitrogens with zero attached hydrogens (tertiary/aromatic N) is 2. The fourth-order valence-corrected chi connectivity index (χ4v) is 3.20. The van der Waals surface area contributed by atoms with Crippen LogP contribution in [0.25, 0.3) is 0 Å². The lowest BCUT2D eigenvalue weighted by Crippen LogP contribution is -3.00. The van der Waals surface area contributed by atoms with E-state index in [4.69, 9.17) is 0 Å². The predicted molar refractivity (Wildman–Crippen MR) is 99.0 cm³/mol. The first kappa shape index (κ1) is 22.7. The van der Waals surface area contributed by atoms with Crippen molar-refractivity contribution < 1.29 is 16.9 Å². The van der Waals surface area contributed by atoms with Crippen LogP contribution in [0, 0.1) is 0 Å². The van der Waals surface area contributed by atoms with E-state index < -0.39 is 0 Å². The summed E-state index contributed by atoms with van der Waals surface area (Å²) in [5.74, 6) is 0. The number of hydrogen-bond donors (Lipinski definition) is 0. The van der Waals surface area contributed by atoms with Crippen molar-refractivity contribution in [1.29, 1.82) is 0 Å². The quantitative estimate of drug-likeness (QED) is 0.319. The Morgan fingerprint density at radius 3 is 1.52 bits per heavy atom. The first-order valence-corrected chi connectivity index (χ1v) is 9.84. The maximum absolute atomic E-state index is 4.19. The van der Waals surface area contributed by atoms with Crippen LogP contribution in [-0.4, -0.2) is 24.4 Å². The number of aliphatic imine (C=N–C) groups is 1. The van der Waals surface area contributed by atoms with Crippen molar-refractivity contribution in [3.63, 3.8) is 0 Å². The van der Waals surface area contributed by atoms with Crippen LogP contribution in [0.3, 0.4) is 0 Å². The maximum Gasteiger partial charge on any atom is 0.194 e. The second-order valence-electron chi connectivity index (χ2n) is 7.23. The van der Waals surface area contributed by atoms with E-state index in [1.807, 2.05) is 12.5 Å². The molecular weight excluding hydrogens is 304 g/mol. The molecule has 0 aromatic carbocycles. The third-order valence-electron chi connectivity index (χ3n) is 4.82. The van der Waals surface area contributed by atoms with Crippen LogP contribution in [0.4, 0.5) is 0 Å². The van der Waals surface area contributed by atoms with Gasteiger partial charge in [-0.05, 0) is 12.8 Å². The molecule has 0 spiro atoms. The molecule has 2 nitrogen and oxygen atoms in total. The van der Waals surface area contributed by atoms with Gasteiger partial charge in [0, 0.05) is 0 Å². The Morgan fingerprint density at radius 2 is 1.13 bits per heavy atom. The lowest BCUT2D eigenvalue weighted by molar-refractivity contribution is -0.756. The van der Waals surface area contributed by atoms with Crippen molar-refractivity contribution >= 4 is 6.34 Å². The summed E-state index contributed by atoms with van der Waals surface area (Å²) in [5.41, 5.74) is 0. The minimum Gasteiger partial charge on any atom is -1.00 e. The summed E-state index contributed by atoms with van der Waals surface area (Å²) in [4.78, 5) is 4.19. The van der Waals surface area contributed by atoms with Gasteiger partial charge in [0.05, 0.1) is 19.8 Å². The van der Waals surface area contributed by atoms with E-state index >= 15 is 0 Å². The van der Waals surface area contributed by atoms with Gasteiger partial charge in [-0.15, -0.1) is 0 Å². The molecular formula is C20H39ClN2. The molecule has 1 atom stereocenters. The molecule has 0 aromatic rings. The normalized spacial score (nSPS) is 19.2. The highest BCUT2D eigenvalue weighted by atomic mass is 35.5. The van der Waals surface area contributed by atoms with Crippen molar-refractivity contribution in [2.24, 2.45) is 4.99 Å². The van der Waals surface area contributed by atoms with E-state index in [2.05, 4.69) is 25.2 Å². The zero-order valence-corrected chi connectivity index (χ0v) is 16.4. The van der Waals surface area contributed by atoms with Gasteiger partial charge < -0.3 is 12.4 Å². The molecule has 0 aromatic heterocycles. The molecule has 0 aliphatic carbocycles. The predicted octanol–water partition coefficient (Wildman–Crippen LogP) is 3.43. The summed E-state index contributed by atoms with van der Waals surface area (Å²) < 4.78 is 0.901. The van der Waals surface area contributed by atoms with Crippen molar-refractivity contribution in [2.45, 2.75) is 96.8 Å². The van der Waals surface area contributed by atoms with Gasteiger partial charge in [0.25, 0.3) is 0 Å². The number of unbranched alkanes of at least 4 members (excludes halogenated alkanes) is 13. The van der Waals surface area contributed by atoms with Crippen molar-refractivity contribution in [1.82, 2.24) is 0 Å². The highest BCUT2D eigenvalue weighted by Crippen LogP contribution is 2.14. The fraction of sp³-hybridized carbons (Fsp3) is 0.850. The van der Waals surface area contributed by atoms with Crippen LogP contribution in [0.2, 0.25) is 0 Å². The molecule has 0 bridgehead atoms. The lowest BCUT2D eigenvalue weighted by Gasteiger charge is -2.21. The third kappa shape index (κ3) is 12.7. The molecule has 1 rings (SSSR count). The van der Waals surface area contributed by atoms with E-state index in [1.165, 1.54) is 96.4 Å². The van der Waals surface area contributed by atoms with Crippen LogP contribution < -0.4 is 12.4 Å². The average molecular weight is 343 g/mol. The summed E-state index contributed by atoms with van der Waals surface area (Å²) in [7, 11) is 2.23. The minimum atomic E-state index is 0. The van der Waals surface area contributed by atoms with Crippen LogP contribution in [0.1, 0.15) is 96.8 Å². The van der Waals surface area contributed by atoms with Gasteiger partial charge in [0.1, 0.15) is 6.20 Å². The highest BCUT2D eigenvalue weighted by Gasteiger charge is 2.18. The average Bonchev–Trinajstić information content (AvgIpc) is 2.94. The molecule has 3 heteroatoms. The summed E-state index contributed by atoms with van der Waals surface area (Å²) in [6.45, 7) is 3.50. The maximum atomic E-state index is 4.19. The highest BCUT2D eigenvalue weighted by molar-refractivity contribution is 5.50. The monoisotopic (exact) mass is 342 g/mol. The third-order valence-corrected chi connectivity index (χ3v) is 4.82. The van der Waals surface area contributed by atoms with Gasteiger partial charge in [-0.1, -0.05) is 84.0 Å². The second kappa shape index (κ2) is 15.2. The van der Waals surface area contributed by atoms with Gasteiger partial charge in [-0.3, -0.25) is 4.48 Å². The fourth-order valence-electron chi connectivity index (χ4n) is 3.20. The Morgan fingerprint density at radius 1 is 0.696 bits per heavy atom. The van der Waals surface area contributed by atoms with Crippen molar-refractivity contribution in [3.05, 3.63) is 12.4 Å². The standard InChI is InChI=1S/C20H39N2.ClH/c1-3-4-5-6-7-8-9-10-11-12-13-14-15-16-18-22(2)19-17-21-20-22;/h17,19-20H,3-16,18H2,1-2H3;1H/q+1;/p-1. The van der Waals surface area contributed by atoms with E-state index in [9.17, 15) is 0 Å². The molecule has 23 heavy (non-hydrogen) atoms. The minimum absolute atomic E-state index is 0. The Labute approximate surface area is 151 Å². The Bertz CT molecular complexity index is 301. The number of quaternary nitrogens is 1. The van der Waals surface area contributed by atoms with E-state index in [-0.39, 0.29) is 12.4 Å². The van der Waals surface area contributed by atoms with Gasteiger partial charge in [-0.2, -0.15) is 0 Å². The topological polar surface area (TPSA) is 12.4 Å². The molecule has 0 radical (unpaired) electrons. The number of rotatable bonds is 15. The first-order chi connectivity index (χ1) is 10.8. The summed E-state index contributed by atoms with van der Waals surface area (Å²) in [6, 6.07) is 0. The molecule has 0 N–H and O–H groups in total. The zero-order chi connectivity index (χ0) is 15.9. The van der Waals surface area contributed by atoms with E-state index in [0.717, 1.165) is 4.48 Å². The molecule has 1 aliphatic rings. The second-order valence-corrected chi connectivity index (χ2v) is 7.23. The van der Waals surface area contributed by atoms with E-state index in [1.54, 1.807) is 0 Å². The Balaban J connectivity index is 0.00000484. The number of hydrogen-bond acceptors (Lipinski definition) is 1. The summed E-state index contributed by atoms with van der Waals surface area (Å²) in [6.07, 6.45) is 26.2. The van der Waals surface area contributed by atoms with E-state index in [0.29, 0.717) is 0 Å². The summed E-state index contributed by atoms with van der Waals surface area (Å²) in [5, 5.41) is 0. The smallest absolute Gasteiger partial charge is 0.194 e. The molecule has 0 saturated carbocycles. The van der Waals surface area contributed by atoms with Crippen LogP contribution in [0.5, 0.6) is 0 Å². The van der Waals surface area contributed by atoms with Gasteiger partial charge in [-0.25, -0.2) is 4.99 Å². The van der Waals surface area contributed by atoms with Crippen molar-refractivity contribution in [3.8, 4) is 0 Å². The summed E-state index contributed by atoms with van der Waals surface area (Å²) >= 11 is 0. The SMILES string of the molecule is CCCCCCCCCCCCCCCC[N+]1(C)C=CN=C1.[Cl-]. The molecule has 0 fully saturated rings.